The van der Waals surface area contributed by atoms with Crippen molar-refractivity contribution in [1.29, 1.82) is 0 Å². The molecule has 1 saturated heterocycles. The number of aliphatic hydroxyl groups is 1. The van der Waals surface area contributed by atoms with Gasteiger partial charge in [0.2, 0.25) is 5.91 Å². The molecule has 3 amide bonds. The number of amides is 3. The van der Waals surface area contributed by atoms with E-state index in [4.69, 9.17) is 0 Å². The smallest absolute Gasteiger partial charge is 0.264 e. The summed E-state index contributed by atoms with van der Waals surface area (Å²) in [4.78, 5) is 39.2. The first kappa shape index (κ1) is 20.3. The number of nitrogens with zero attached hydrogens (tertiary/aromatic N) is 3. The fourth-order valence-corrected chi connectivity index (χ4v) is 4.19. The van der Waals surface area contributed by atoms with Crippen LogP contribution in [0, 0.1) is 5.92 Å². The van der Waals surface area contributed by atoms with Gasteiger partial charge in [-0.2, -0.15) is 5.10 Å². The molecule has 3 atom stereocenters. The van der Waals surface area contributed by atoms with Crippen molar-refractivity contribution in [3.05, 3.63) is 29.3 Å². The van der Waals surface area contributed by atoms with Crippen LogP contribution in [-0.4, -0.2) is 70.9 Å². The Labute approximate surface area is 175 Å². The van der Waals surface area contributed by atoms with Gasteiger partial charge in [-0.25, -0.2) is 0 Å². The molecule has 30 heavy (non-hydrogen) atoms. The first-order valence-electron chi connectivity index (χ1n) is 10.5. The Morgan fingerprint density at radius 3 is 2.77 bits per heavy atom. The third-order valence-electron chi connectivity index (χ3n) is 5.72. The lowest BCUT2D eigenvalue weighted by molar-refractivity contribution is -0.131. The summed E-state index contributed by atoms with van der Waals surface area (Å²) in [7, 11) is 0. The molecule has 4 rings (SSSR count). The summed E-state index contributed by atoms with van der Waals surface area (Å²) in [6.45, 7) is 4.66. The van der Waals surface area contributed by atoms with E-state index in [0.717, 1.165) is 30.8 Å². The number of aliphatic hydroxyl groups excluding tert-OH is 1. The van der Waals surface area contributed by atoms with E-state index in [0.29, 0.717) is 35.7 Å². The van der Waals surface area contributed by atoms with Crippen molar-refractivity contribution >= 4 is 29.6 Å². The SMILES string of the molecule is CC1C=NN(CCCCNc2cccc3c2C(=O)N(C2CCC(O)NC2=O)C3=O)C1. The van der Waals surface area contributed by atoms with Crippen molar-refractivity contribution in [2.75, 3.05) is 25.0 Å². The molecule has 9 heteroatoms. The van der Waals surface area contributed by atoms with Crippen molar-refractivity contribution in [2.45, 2.75) is 44.9 Å². The Morgan fingerprint density at radius 2 is 2.03 bits per heavy atom. The molecule has 0 aliphatic carbocycles. The third kappa shape index (κ3) is 3.89. The topological polar surface area (TPSA) is 114 Å². The standard InChI is InChI=1S/C21H27N5O4/c1-13-11-23-25(12-13)10-3-2-9-22-15-6-4-5-14-18(15)21(30)26(20(14)29)16-7-8-17(27)24-19(16)28/h4-6,11,13,16-17,22,27H,2-3,7-10,12H2,1H3,(H,24,28). The number of imide groups is 1. The first-order chi connectivity index (χ1) is 14.5. The van der Waals surface area contributed by atoms with Crippen LogP contribution in [0.1, 0.15) is 53.3 Å². The van der Waals surface area contributed by atoms with E-state index in [1.54, 1.807) is 18.2 Å². The molecule has 3 heterocycles. The maximum atomic E-state index is 13.0. The second-order valence-corrected chi connectivity index (χ2v) is 8.11. The second-order valence-electron chi connectivity index (χ2n) is 8.11. The Kier molecular flexibility index (Phi) is 5.72. The normalized spacial score (nSPS) is 25.7. The summed E-state index contributed by atoms with van der Waals surface area (Å²) in [5.41, 5.74) is 1.24. The second kappa shape index (κ2) is 8.43. The molecule has 0 saturated carbocycles. The summed E-state index contributed by atoms with van der Waals surface area (Å²) < 4.78 is 0. The number of carbonyl (C=O) groups excluding carboxylic acids is 3. The van der Waals surface area contributed by atoms with Crippen LogP contribution in [0.25, 0.3) is 0 Å². The molecule has 160 valence electrons. The van der Waals surface area contributed by atoms with E-state index in [-0.39, 0.29) is 6.42 Å². The number of carbonyl (C=O) groups is 3. The van der Waals surface area contributed by atoms with Crippen molar-refractivity contribution in [2.24, 2.45) is 11.0 Å². The molecular formula is C21H27N5O4. The number of nitrogens with one attached hydrogen (secondary N) is 2. The maximum Gasteiger partial charge on any atom is 0.264 e. The van der Waals surface area contributed by atoms with Gasteiger partial charge in [0.15, 0.2) is 0 Å². The van der Waals surface area contributed by atoms with Gasteiger partial charge in [0.1, 0.15) is 12.3 Å². The van der Waals surface area contributed by atoms with Gasteiger partial charge in [0.05, 0.1) is 11.1 Å². The van der Waals surface area contributed by atoms with Crippen LogP contribution in [0.3, 0.4) is 0 Å². The minimum absolute atomic E-state index is 0.249. The monoisotopic (exact) mass is 413 g/mol. The van der Waals surface area contributed by atoms with Gasteiger partial charge in [-0.1, -0.05) is 13.0 Å². The van der Waals surface area contributed by atoms with Gasteiger partial charge >= 0.3 is 0 Å². The molecule has 0 radical (unpaired) electrons. The van der Waals surface area contributed by atoms with Gasteiger partial charge in [0.25, 0.3) is 11.8 Å². The number of hydrazone groups is 1. The van der Waals surface area contributed by atoms with E-state index < -0.39 is 30.0 Å². The lowest BCUT2D eigenvalue weighted by atomic mass is 10.0. The molecular weight excluding hydrogens is 386 g/mol. The average molecular weight is 413 g/mol. The molecule has 1 aromatic rings. The Bertz CT molecular complexity index is 886. The molecule has 1 aromatic carbocycles. The quantitative estimate of drug-likeness (QED) is 0.454. The highest BCUT2D eigenvalue weighted by atomic mass is 16.3. The predicted octanol–water partition coefficient (Wildman–Crippen LogP) is 1.01. The van der Waals surface area contributed by atoms with Crippen LogP contribution in [0.2, 0.25) is 0 Å². The van der Waals surface area contributed by atoms with Crippen molar-refractivity contribution in [1.82, 2.24) is 15.2 Å². The number of benzene rings is 1. The Hall–Kier alpha value is -2.94. The summed E-state index contributed by atoms with van der Waals surface area (Å²) in [6, 6.07) is 4.24. The van der Waals surface area contributed by atoms with E-state index in [9.17, 15) is 19.5 Å². The van der Waals surface area contributed by atoms with Crippen LogP contribution in [0.15, 0.2) is 23.3 Å². The van der Waals surface area contributed by atoms with Crippen molar-refractivity contribution in [3.63, 3.8) is 0 Å². The van der Waals surface area contributed by atoms with Crippen LogP contribution in [0.5, 0.6) is 0 Å². The number of piperidine rings is 1. The molecule has 3 aliphatic heterocycles. The number of hydrogen-bond donors (Lipinski definition) is 3. The van der Waals surface area contributed by atoms with Gasteiger partial charge in [-0.05, 0) is 37.8 Å². The highest BCUT2D eigenvalue weighted by Crippen LogP contribution is 2.32. The Morgan fingerprint density at radius 1 is 1.20 bits per heavy atom. The molecule has 3 aliphatic rings. The lowest BCUT2D eigenvalue weighted by Crippen LogP contribution is -2.55. The van der Waals surface area contributed by atoms with Crippen molar-refractivity contribution < 1.29 is 19.5 Å². The highest BCUT2D eigenvalue weighted by Gasteiger charge is 2.45. The molecule has 3 unspecified atom stereocenters. The number of fused-ring (bicyclic) bond motifs is 1. The van der Waals surface area contributed by atoms with Gasteiger partial charge < -0.3 is 15.7 Å². The number of rotatable bonds is 7. The minimum Gasteiger partial charge on any atom is -0.384 e. The van der Waals surface area contributed by atoms with E-state index >= 15 is 0 Å². The van der Waals surface area contributed by atoms with Crippen LogP contribution >= 0.6 is 0 Å². The zero-order valence-electron chi connectivity index (χ0n) is 17.0. The van der Waals surface area contributed by atoms with Gasteiger partial charge in [0, 0.05) is 37.5 Å². The summed E-state index contributed by atoms with van der Waals surface area (Å²) in [5.74, 6) is -0.932. The van der Waals surface area contributed by atoms with E-state index in [2.05, 4.69) is 27.7 Å². The maximum absolute atomic E-state index is 13.0. The van der Waals surface area contributed by atoms with Crippen LogP contribution < -0.4 is 10.6 Å². The third-order valence-corrected chi connectivity index (χ3v) is 5.72. The molecule has 1 fully saturated rings. The molecule has 3 N–H and O–H groups in total. The van der Waals surface area contributed by atoms with E-state index in [1.807, 2.05) is 6.21 Å². The average Bonchev–Trinajstić information content (AvgIpc) is 3.24. The summed E-state index contributed by atoms with van der Waals surface area (Å²) in [6.07, 6.45) is 3.45. The molecule has 0 bridgehead atoms. The zero-order chi connectivity index (χ0) is 21.3. The fourth-order valence-electron chi connectivity index (χ4n) is 4.19. The summed E-state index contributed by atoms with van der Waals surface area (Å²) in [5, 5.41) is 21.7. The van der Waals surface area contributed by atoms with Crippen LogP contribution in [0.4, 0.5) is 5.69 Å². The zero-order valence-corrected chi connectivity index (χ0v) is 17.0. The molecule has 9 nitrogen and oxygen atoms in total. The number of unbranched alkanes of at least 4 members (excludes halogenated alkanes) is 1. The largest absolute Gasteiger partial charge is 0.384 e. The number of hydrogen-bond acceptors (Lipinski definition) is 7. The van der Waals surface area contributed by atoms with E-state index in [1.165, 1.54) is 0 Å². The highest BCUT2D eigenvalue weighted by molar-refractivity contribution is 6.25. The first-order valence-corrected chi connectivity index (χ1v) is 10.5. The van der Waals surface area contributed by atoms with Crippen LogP contribution in [-0.2, 0) is 4.79 Å². The Balaban J connectivity index is 1.38. The fraction of sp³-hybridized carbons (Fsp3) is 0.524. The van der Waals surface area contributed by atoms with Gasteiger partial charge in [-0.15, -0.1) is 0 Å². The molecule has 0 spiro atoms. The lowest BCUT2D eigenvalue weighted by Gasteiger charge is -2.31. The summed E-state index contributed by atoms with van der Waals surface area (Å²) >= 11 is 0. The minimum atomic E-state index is -0.935. The van der Waals surface area contributed by atoms with Crippen molar-refractivity contribution in [3.8, 4) is 0 Å². The predicted molar refractivity (Wildman–Crippen MR) is 111 cm³/mol. The number of anilines is 1. The molecule has 0 aromatic heterocycles. The van der Waals surface area contributed by atoms with Gasteiger partial charge in [-0.3, -0.25) is 24.3 Å².